The van der Waals surface area contributed by atoms with E-state index in [2.05, 4.69) is 55.6 Å². The molecule has 6 heteroatoms. The molecule has 0 aliphatic rings. The van der Waals surface area contributed by atoms with Crippen LogP contribution in [0, 0.1) is 0 Å². The van der Waals surface area contributed by atoms with Crippen molar-refractivity contribution in [1.29, 1.82) is 0 Å². The molecule has 0 aliphatic heterocycles. The van der Waals surface area contributed by atoms with E-state index in [1.165, 1.54) is 128 Å². The molecule has 2 unspecified atom stereocenters. The summed E-state index contributed by atoms with van der Waals surface area (Å²) >= 11 is 0. The molecule has 0 saturated heterocycles. The second-order valence-corrected chi connectivity index (χ2v) is 16.4. The summed E-state index contributed by atoms with van der Waals surface area (Å²) in [6.07, 6.45) is 56.7. The van der Waals surface area contributed by atoms with Gasteiger partial charge in [0.05, 0.1) is 25.4 Å². The quantitative estimate of drug-likeness (QED) is 0.0324. The smallest absolute Gasteiger partial charge is 0.305 e. The minimum Gasteiger partial charge on any atom is -0.466 e. The van der Waals surface area contributed by atoms with Gasteiger partial charge in [0.15, 0.2) is 0 Å². The Balaban J connectivity index is 3.56. The lowest BCUT2D eigenvalue weighted by molar-refractivity contribution is -0.143. The molecule has 0 aromatic rings. The molecular weight excluding hydrogens is 707 g/mol. The summed E-state index contributed by atoms with van der Waals surface area (Å²) in [4.78, 5) is 24.4. The van der Waals surface area contributed by atoms with E-state index >= 15 is 0 Å². The Morgan fingerprint density at radius 3 is 1.44 bits per heavy atom. The predicted molar refractivity (Wildman–Crippen MR) is 245 cm³/mol. The van der Waals surface area contributed by atoms with Crippen molar-refractivity contribution in [1.82, 2.24) is 5.32 Å². The lowest BCUT2D eigenvalue weighted by atomic mass is 10.0. The largest absolute Gasteiger partial charge is 0.466 e. The molecule has 0 bridgehead atoms. The van der Waals surface area contributed by atoms with E-state index < -0.39 is 12.1 Å². The topological polar surface area (TPSA) is 95.9 Å². The lowest BCUT2D eigenvalue weighted by Gasteiger charge is -2.19. The zero-order valence-corrected chi connectivity index (χ0v) is 37.6. The highest BCUT2D eigenvalue weighted by Crippen LogP contribution is 2.14. The number of carbonyl (C=O) groups excluding carboxylic acids is 2. The molecule has 0 rings (SSSR count). The van der Waals surface area contributed by atoms with E-state index in [4.69, 9.17) is 4.74 Å². The van der Waals surface area contributed by atoms with Crippen LogP contribution in [0.1, 0.15) is 239 Å². The van der Waals surface area contributed by atoms with E-state index in [0.29, 0.717) is 19.4 Å². The number of aliphatic hydroxyl groups excluding tert-OH is 2. The fourth-order valence-corrected chi connectivity index (χ4v) is 7.02. The Morgan fingerprint density at radius 2 is 0.912 bits per heavy atom. The maximum atomic E-state index is 12.4. The average molecular weight is 800 g/mol. The van der Waals surface area contributed by atoms with E-state index in [1.54, 1.807) is 6.08 Å². The van der Waals surface area contributed by atoms with Crippen LogP contribution in [0.5, 0.6) is 0 Å². The first-order valence-corrected chi connectivity index (χ1v) is 24.4. The normalized spacial score (nSPS) is 13.1. The van der Waals surface area contributed by atoms with Gasteiger partial charge in [-0.2, -0.15) is 0 Å². The van der Waals surface area contributed by atoms with Crippen molar-refractivity contribution in [3.63, 3.8) is 0 Å². The third kappa shape index (κ3) is 43.2. The molecule has 6 nitrogen and oxygen atoms in total. The number of esters is 1. The SMILES string of the molecule is CCC/C=C\C/C=C\CCCCCCCC(=O)OCCCCCCCC/C=C\CCCCCC(=O)NC(CO)C(O)/C=C/CCCCCCCCCCCCCC. The summed E-state index contributed by atoms with van der Waals surface area (Å²) in [7, 11) is 0. The highest BCUT2D eigenvalue weighted by atomic mass is 16.5. The second kappa shape index (κ2) is 46.5. The van der Waals surface area contributed by atoms with Crippen LogP contribution in [0.2, 0.25) is 0 Å². The van der Waals surface area contributed by atoms with Gasteiger partial charge in [-0.1, -0.05) is 191 Å². The molecule has 0 radical (unpaired) electrons. The Labute approximate surface area is 353 Å². The predicted octanol–water partition coefficient (Wildman–Crippen LogP) is 14.3. The van der Waals surface area contributed by atoms with Gasteiger partial charge in [0, 0.05) is 12.8 Å². The number of amides is 1. The minimum atomic E-state index is -0.862. The van der Waals surface area contributed by atoms with E-state index in [0.717, 1.165) is 83.5 Å². The summed E-state index contributed by atoms with van der Waals surface area (Å²) in [5.74, 6) is -0.131. The van der Waals surface area contributed by atoms with Crippen molar-refractivity contribution in [2.24, 2.45) is 0 Å². The number of ether oxygens (including phenoxy) is 1. The van der Waals surface area contributed by atoms with Crippen molar-refractivity contribution in [2.75, 3.05) is 13.2 Å². The number of aliphatic hydroxyl groups is 2. The summed E-state index contributed by atoms with van der Waals surface area (Å²) in [5, 5.41) is 23.0. The summed E-state index contributed by atoms with van der Waals surface area (Å²) in [5.41, 5.74) is 0. The molecule has 0 spiro atoms. The molecule has 2 atom stereocenters. The fourth-order valence-electron chi connectivity index (χ4n) is 7.02. The molecule has 0 heterocycles. The van der Waals surface area contributed by atoms with Gasteiger partial charge in [0.2, 0.25) is 5.91 Å². The monoisotopic (exact) mass is 800 g/mol. The molecule has 57 heavy (non-hydrogen) atoms. The number of hydrogen-bond donors (Lipinski definition) is 3. The number of carbonyl (C=O) groups is 2. The molecule has 0 aromatic carbocycles. The first-order valence-electron chi connectivity index (χ1n) is 24.4. The third-order valence-corrected chi connectivity index (χ3v) is 10.8. The molecule has 332 valence electrons. The highest BCUT2D eigenvalue weighted by molar-refractivity contribution is 5.76. The van der Waals surface area contributed by atoms with Crippen molar-refractivity contribution < 1.29 is 24.5 Å². The van der Waals surface area contributed by atoms with E-state index in [-0.39, 0.29) is 18.5 Å². The fraction of sp³-hybridized carbons (Fsp3) is 0.804. The molecule has 0 saturated carbocycles. The van der Waals surface area contributed by atoms with Crippen molar-refractivity contribution in [3.8, 4) is 0 Å². The zero-order valence-electron chi connectivity index (χ0n) is 37.6. The van der Waals surface area contributed by atoms with Gasteiger partial charge in [-0.25, -0.2) is 0 Å². The molecule has 3 N–H and O–H groups in total. The van der Waals surface area contributed by atoms with Crippen LogP contribution in [0.3, 0.4) is 0 Å². The summed E-state index contributed by atoms with van der Waals surface area (Å²) < 4.78 is 5.43. The Morgan fingerprint density at radius 1 is 0.491 bits per heavy atom. The molecule has 1 amide bonds. The molecule has 0 aliphatic carbocycles. The van der Waals surface area contributed by atoms with Gasteiger partial charge in [0.25, 0.3) is 0 Å². The van der Waals surface area contributed by atoms with Crippen LogP contribution in [0.25, 0.3) is 0 Å². The standard InChI is InChI=1S/C51H93NO5/c1-3-5-7-9-11-13-15-17-20-23-27-31-35-39-43-49(54)48(47-53)52-50(55)44-40-36-32-28-24-21-18-22-26-30-34-38-42-46-57-51(56)45-41-37-33-29-25-19-16-14-12-10-8-6-4-2/h8,10,14,16,21,24,39,43,48-49,53-54H,3-7,9,11-13,15,17-20,22-23,25-38,40-42,44-47H2,1-2H3,(H,52,55)/b10-8-,16-14-,24-21-,43-39+. The molecule has 0 aromatic heterocycles. The van der Waals surface area contributed by atoms with Gasteiger partial charge >= 0.3 is 5.97 Å². The van der Waals surface area contributed by atoms with Crippen molar-refractivity contribution in [3.05, 3.63) is 48.6 Å². The Kier molecular flexibility index (Phi) is 44.7. The van der Waals surface area contributed by atoms with Crippen LogP contribution in [0.15, 0.2) is 48.6 Å². The molecule has 0 fully saturated rings. The van der Waals surface area contributed by atoms with Gasteiger partial charge in [-0.05, 0) is 83.5 Å². The van der Waals surface area contributed by atoms with Gasteiger partial charge < -0.3 is 20.3 Å². The lowest BCUT2D eigenvalue weighted by Crippen LogP contribution is -2.45. The summed E-state index contributed by atoms with van der Waals surface area (Å²) in [6.45, 7) is 4.77. The zero-order chi connectivity index (χ0) is 41.5. The Hall–Kier alpha value is -2.18. The van der Waals surface area contributed by atoms with Crippen LogP contribution in [-0.4, -0.2) is 47.4 Å². The minimum absolute atomic E-state index is 0.0305. The van der Waals surface area contributed by atoms with Gasteiger partial charge in [-0.3, -0.25) is 9.59 Å². The average Bonchev–Trinajstić information content (AvgIpc) is 3.21. The maximum absolute atomic E-state index is 12.4. The maximum Gasteiger partial charge on any atom is 0.305 e. The van der Waals surface area contributed by atoms with Crippen LogP contribution in [-0.2, 0) is 14.3 Å². The van der Waals surface area contributed by atoms with Crippen molar-refractivity contribution in [2.45, 2.75) is 251 Å². The van der Waals surface area contributed by atoms with E-state index in [1.807, 2.05) is 6.08 Å². The number of allylic oxidation sites excluding steroid dienone is 7. The van der Waals surface area contributed by atoms with Crippen LogP contribution >= 0.6 is 0 Å². The number of nitrogens with one attached hydrogen (secondary N) is 1. The number of hydrogen-bond acceptors (Lipinski definition) is 5. The first-order chi connectivity index (χ1) is 28.0. The number of rotatable bonds is 44. The first kappa shape index (κ1) is 54.8. The molecular formula is C51H93NO5. The Bertz CT molecular complexity index is 973. The number of unbranched alkanes of at least 4 members (excludes halogenated alkanes) is 27. The van der Waals surface area contributed by atoms with Gasteiger partial charge in [0.1, 0.15) is 0 Å². The summed E-state index contributed by atoms with van der Waals surface area (Å²) in [6, 6.07) is -0.649. The van der Waals surface area contributed by atoms with Crippen molar-refractivity contribution >= 4 is 11.9 Å². The third-order valence-electron chi connectivity index (χ3n) is 10.8. The van der Waals surface area contributed by atoms with Crippen LogP contribution in [0.4, 0.5) is 0 Å². The van der Waals surface area contributed by atoms with Crippen LogP contribution < -0.4 is 5.32 Å². The van der Waals surface area contributed by atoms with E-state index in [9.17, 15) is 19.8 Å². The second-order valence-electron chi connectivity index (χ2n) is 16.4. The van der Waals surface area contributed by atoms with Gasteiger partial charge in [-0.15, -0.1) is 0 Å². The highest BCUT2D eigenvalue weighted by Gasteiger charge is 2.18.